The number of aryl methyl sites for hydroxylation is 2. The van der Waals surface area contributed by atoms with Crippen LogP contribution >= 0.6 is 11.6 Å². The van der Waals surface area contributed by atoms with Gasteiger partial charge in [0.2, 0.25) is 5.89 Å². The molecule has 4 aromatic rings. The Hall–Kier alpha value is -3.51. The van der Waals surface area contributed by atoms with Crippen molar-refractivity contribution in [2.45, 2.75) is 13.8 Å². The summed E-state index contributed by atoms with van der Waals surface area (Å²) in [6.45, 7) is 4.00. The molecule has 1 heterocycles. The number of rotatable bonds is 5. The number of hydrogen-bond donors (Lipinski definition) is 1. The Labute approximate surface area is 184 Å². The first-order valence-corrected chi connectivity index (χ1v) is 9.98. The summed E-state index contributed by atoms with van der Waals surface area (Å²) in [5.74, 6) is 1.09. The van der Waals surface area contributed by atoms with Crippen LogP contribution in [0.5, 0.6) is 11.5 Å². The molecule has 3 aromatic carbocycles. The maximum atomic E-state index is 12.9. The van der Waals surface area contributed by atoms with E-state index >= 15 is 0 Å². The fourth-order valence-electron chi connectivity index (χ4n) is 3.43. The topological polar surface area (TPSA) is 73.6 Å². The zero-order valence-corrected chi connectivity index (χ0v) is 18.3. The largest absolute Gasteiger partial charge is 0.497 e. The van der Waals surface area contributed by atoms with Gasteiger partial charge in [-0.1, -0.05) is 17.7 Å². The number of nitrogens with one attached hydrogen (secondary N) is 1. The minimum atomic E-state index is -0.359. The maximum absolute atomic E-state index is 12.9. The predicted octanol–water partition coefficient (Wildman–Crippen LogP) is 6.03. The van der Waals surface area contributed by atoms with E-state index in [1.807, 2.05) is 26.0 Å². The Morgan fingerprint density at radius 1 is 1.03 bits per heavy atom. The third kappa shape index (κ3) is 4.07. The van der Waals surface area contributed by atoms with Crippen LogP contribution in [0.3, 0.4) is 0 Å². The molecule has 4 rings (SSSR count). The molecule has 0 saturated heterocycles. The lowest BCUT2D eigenvalue weighted by Gasteiger charge is -2.12. The average Bonchev–Trinajstić information content (AvgIpc) is 3.19. The highest BCUT2D eigenvalue weighted by Crippen LogP contribution is 2.33. The second kappa shape index (κ2) is 8.32. The first-order valence-electron chi connectivity index (χ1n) is 9.60. The summed E-state index contributed by atoms with van der Waals surface area (Å²) >= 11 is 6.34. The summed E-state index contributed by atoms with van der Waals surface area (Å²) in [6.07, 6.45) is 0. The van der Waals surface area contributed by atoms with Gasteiger partial charge in [0.05, 0.1) is 30.5 Å². The number of oxazole rings is 1. The zero-order valence-electron chi connectivity index (χ0n) is 17.6. The number of benzene rings is 3. The van der Waals surface area contributed by atoms with Crippen molar-refractivity contribution in [3.05, 3.63) is 70.2 Å². The average molecular weight is 437 g/mol. The van der Waals surface area contributed by atoms with Gasteiger partial charge in [0.25, 0.3) is 5.91 Å². The number of amides is 1. The van der Waals surface area contributed by atoms with Crippen LogP contribution in [0, 0.1) is 13.8 Å². The summed E-state index contributed by atoms with van der Waals surface area (Å²) in [6, 6.07) is 14.2. The summed E-state index contributed by atoms with van der Waals surface area (Å²) in [5, 5.41) is 3.24. The number of fused-ring (bicyclic) bond motifs is 1. The summed E-state index contributed by atoms with van der Waals surface area (Å²) < 4.78 is 16.5. The van der Waals surface area contributed by atoms with Crippen molar-refractivity contribution >= 4 is 34.3 Å². The fraction of sp³-hybridized carbons (Fsp3) is 0.167. The second-order valence-corrected chi connectivity index (χ2v) is 7.57. The summed E-state index contributed by atoms with van der Waals surface area (Å²) in [4.78, 5) is 17.5. The van der Waals surface area contributed by atoms with Crippen molar-refractivity contribution in [1.29, 1.82) is 0 Å². The van der Waals surface area contributed by atoms with Gasteiger partial charge >= 0.3 is 0 Å². The van der Waals surface area contributed by atoms with E-state index in [0.29, 0.717) is 39.2 Å². The van der Waals surface area contributed by atoms with Gasteiger partial charge in [0.1, 0.15) is 17.0 Å². The zero-order chi connectivity index (χ0) is 22.1. The van der Waals surface area contributed by atoms with E-state index in [1.54, 1.807) is 43.5 Å². The smallest absolute Gasteiger partial charge is 0.259 e. The Kier molecular flexibility index (Phi) is 5.57. The number of nitrogens with zero attached hydrogens (tertiary/aromatic N) is 1. The summed E-state index contributed by atoms with van der Waals surface area (Å²) in [5.41, 5.74) is 5.16. The van der Waals surface area contributed by atoms with Crippen molar-refractivity contribution in [3.63, 3.8) is 0 Å². The lowest BCUT2D eigenvalue weighted by atomic mass is 10.1. The highest BCUT2D eigenvalue weighted by Gasteiger charge is 2.17. The molecule has 1 aromatic heterocycles. The highest BCUT2D eigenvalue weighted by atomic mass is 35.5. The molecule has 0 saturated carbocycles. The van der Waals surface area contributed by atoms with E-state index in [1.165, 1.54) is 7.11 Å². The predicted molar refractivity (Wildman–Crippen MR) is 121 cm³/mol. The van der Waals surface area contributed by atoms with Gasteiger partial charge in [-0.3, -0.25) is 4.79 Å². The highest BCUT2D eigenvalue weighted by molar-refractivity contribution is 6.34. The van der Waals surface area contributed by atoms with Crippen LogP contribution in [-0.4, -0.2) is 25.1 Å². The molecular weight excluding hydrogens is 416 g/mol. The van der Waals surface area contributed by atoms with Crippen molar-refractivity contribution in [2.24, 2.45) is 0 Å². The van der Waals surface area contributed by atoms with Crippen LogP contribution in [0.4, 0.5) is 5.69 Å². The third-order valence-corrected chi connectivity index (χ3v) is 5.26. The Balaban J connectivity index is 1.68. The Morgan fingerprint density at radius 3 is 2.58 bits per heavy atom. The molecule has 0 aliphatic heterocycles. The molecule has 0 aliphatic carbocycles. The SMILES string of the molecule is COc1ccc(C(=O)Nc2cc(-c3nc4cc(C)cc(C)c4o3)ccc2Cl)c(OC)c1. The monoisotopic (exact) mass is 436 g/mol. The molecule has 0 unspecified atom stereocenters. The first-order chi connectivity index (χ1) is 14.9. The number of aromatic nitrogens is 1. The van der Waals surface area contributed by atoms with Crippen molar-refractivity contribution in [1.82, 2.24) is 4.98 Å². The number of halogens is 1. The fourth-order valence-corrected chi connectivity index (χ4v) is 3.59. The molecule has 1 amide bonds. The van der Waals surface area contributed by atoms with Gasteiger partial charge in [-0.05, 0) is 61.4 Å². The van der Waals surface area contributed by atoms with Crippen LogP contribution < -0.4 is 14.8 Å². The molecule has 158 valence electrons. The Morgan fingerprint density at radius 2 is 1.84 bits per heavy atom. The van der Waals surface area contributed by atoms with Gasteiger partial charge < -0.3 is 19.2 Å². The van der Waals surface area contributed by atoms with Crippen molar-refractivity contribution < 1.29 is 18.7 Å². The van der Waals surface area contributed by atoms with Gasteiger partial charge in [0.15, 0.2) is 5.58 Å². The molecule has 0 spiro atoms. The quantitative estimate of drug-likeness (QED) is 0.413. The number of methoxy groups -OCH3 is 2. The molecule has 0 radical (unpaired) electrons. The van der Waals surface area contributed by atoms with E-state index < -0.39 is 0 Å². The van der Waals surface area contributed by atoms with Crippen molar-refractivity contribution in [2.75, 3.05) is 19.5 Å². The van der Waals surface area contributed by atoms with E-state index in [0.717, 1.165) is 22.2 Å². The van der Waals surface area contributed by atoms with Crippen molar-refractivity contribution in [3.8, 4) is 23.0 Å². The van der Waals surface area contributed by atoms with Crippen LogP contribution in [-0.2, 0) is 0 Å². The van der Waals surface area contributed by atoms with Crippen LogP contribution in [0.25, 0.3) is 22.6 Å². The number of ether oxygens (including phenoxy) is 2. The molecule has 31 heavy (non-hydrogen) atoms. The maximum Gasteiger partial charge on any atom is 0.259 e. The molecule has 0 atom stereocenters. The van der Waals surface area contributed by atoms with Gasteiger partial charge in [-0.15, -0.1) is 0 Å². The van der Waals surface area contributed by atoms with Crippen LogP contribution in [0.15, 0.2) is 52.9 Å². The standard InChI is InChI=1S/C24H21ClN2O4/c1-13-9-14(2)22-20(10-13)27-24(31-22)15-5-8-18(25)19(11-15)26-23(28)17-7-6-16(29-3)12-21(17)30-4/h5-12H,1-4H3,(H,26,28). The van der Waals surface area contributed by atoms with Gasteiger partial charge in [-0.2, -0.15) is 0 Å². The van der Waals surface area contributed by atoms with Gasteiger partial charge in [0, 0.05) is 11.6 Å². The molecule has 0 bridgehead atoms. The van der Waals surface area contributed by atoms with E-state index in [9.17, 15) is 4.79 Å². The second-order valence-electron chi connectivity index (χ2n) is 7.16. The number of anilines is 1. The molecule has 0 aliphatic rings. The van der Waals surface area contributed by atoms with Crippen LogP contribution in [0.1, 0.15) is 21.5 Å². The van der Waals surface area contributed by atoms with E-state index in [-0.39, 0.29) is 5.91 Å². The number of hydrogen-bond acceptors (Lipinski definition) is 5. The molecule has 1 N–H and O–H groups in total. The molecule has 6 nitrogen and oxygen atoms in total. The molecule has 0 fully saturated rings. The van der Waals surface area contributed by atoms with E-state index in [4.69, 9.17) is 25.5 Å². The first kappa shape index (κ1) is 20.8. The lowest BCUT2D eigenvalue weighted by molar-refractivity contribution is 0.102. The lowest BCUT2D eigenvalue weighted by Crippen LogP contribution is -2.13. The van der Waals surface area contributed by atoms with Crippen LogP contribution in [0.2, 0.25) is 5.02 Å². The summed E-state index contributed by atoms with van der Waals surface area (Å²) in [7, 11) is 3.05. The number of carbonyl (C=O) groups excluding carboxylic acids is 1. The number of carbonyl (C=O) groups is 1. The molecule has 7 heteroatoms. The minimum absolute atomic E-state index is 0.359. The molecular formula is C24H21ClN2O4. The normalized spacial score (nSPS) is 10.9. The van der Waals surface area contributed by atoms with E-state index in [2.05, 4.69) is 10.3 Å². The Bertz CT molecular complexity index is 1300. The van der Waals surface area contributed by atoms with Gasteiger partial charge in [-0.25, -0.2) is 4.98 Å². The minimum Gasteiger partial charge on any atom is -0.497 e. The third-order valence-electron chi connectivity index (χ3n) is 4.93.